The average molecular weight is 491 g/mol. The zero-order valence-electron chi connectivity index (χ0n) is 20.5. The van der Waals surface area contributed by atoms with Crippen molar-refractivity contribution in [1.82, 2.24) is 9.88 Å². The second-order valence-corrected chi connectivity index (χ2v) is 10.9. The van der Waals surface area contributed by atoms with Crippen LogP contribution in [0, 0.1) is 5.92 Å². The molecule has 0 N–H and O–H groups in total. The van der Waals surface area contributed by atoms with E-state index in [4.69, 9.17) is 20.8 Å². The monoisotopic (exact) mass is 490 g/mol. The fourth-order valence-electron chi connectivity index (χ4n) is 4.91. The third-order valence-electron chi connectivity index (χ3n) is 6.57. The van der Waals surface area contributed by atoms with Crippen LogP contribution in [-0.2, 0) is 16.1 Å². The van der Waals surface area contributed by atoms with Crippen molar-refractivity contribution in [2.75, 3.05) is 13.1 Å². The van der Waals surface area contributed by atoms with Crippen molar-refractivity contribution in [3.63, 3.8) is 0 Å². The molecule has 1 aliphatic heterocycles. The second-order valence-electron chi connectivity index (χ2n) is 10.5. The molecule has 4 aromatic rings. The molecule has 0 radical (unpaired) electrons. The molecule has 0 aliphatic carbocycles. The summed E-state index contributed by atoms with van der Waals surface area (Å²) < 4.78 is 11.6. The van der Waals surface area contributed by atoms with Crippen molar-refractivity contribution in [2.45, 2.75) is 52.2 Å². The number of pyridine rings is 1. The summed E-state index contributed by atoms with van der Waals surface area (Å²) in [5.41, 5.74) is 2.54. The molecule has 1 fully saturated rings. The number of para-hydroxylation sites is 1. The first-order valence-corrected chi connectivity index (χ1v) is 12.6. The Labute approximate surface area is 211 Å². The van der Waals surface area contributed by atoms with Crippen molar-refractivity contribution in [3.8, 4) is 11.3 Å². The predicted octanol–water partition coefficient (Wildman–Crippen LogP) is 7.25. The minimum absolute atomic E-state index is 0.0935. The minimum Gasteiger partial charge on any atom is -0.460 e. The predicted molar refractivity (Wildman–Crippen MR) is 140 cm³/mol. The van der Waals surface area contributed by atoms with Gasteiger partial charge in [0.15, 0.2) is 0 Å². The second kappa shape index (κ2) is 9.63. The van der Waals surface area contributed by atoms with Crippen molar-refractivity contribution in [1.29, 1.82) is 0 Å². The third-order valence-corrected chi connectivity index (χ3v) is 6.88. The molecule has 5 rings (SSSR count). The minimum atomic E-state index is -0.427. The highest BCUT2D eigenvalue weighted by Gasteiger charge is 2.25. The fraction of sp³-hybridized carbons (Fsp3) is 0.379. The fourth-order valence-corrected chi connectivity index (χ4v) is 5.20. The van der Waals surface area contributed by atoms with Crippen molar-refractivity contribution in [3.05, 3.63) is 65.4 Å². The topological polar surface area (TPSA) is 55.6 Å². The summed E-state index contributed by atoms with van der Waals surface area (Å²) in [5, 5.41) is 3.73. The van der Waals surface area contributed by atoms with Gasteiger partial charge in [-0.3, -0.25) is 14.7 Å². The molecule has 2 aromatic carbocycles. The van der Waals surface area contributed by atoms with Crippen molar-refractivity contribution >= 4 is 39.3 Å². The van der Waals surface area contributed by atoms with Crippen LogP contribution in [0.3, 0.4) is 0 Å². The zero-order chi connectivity index (χ0) is 24.6. The normalized spacial score (nSPS) is 15.7. The first kappa shape index (κ1) is 23.8. The number of likely N-dealkylation sites (tertiary alicyclic amines) is 1. The van der Waals surface area contributed by atoms with E-state index in [1.54, 1.807) is 0 Å². The SMILES string of the molecule is CC(C)(C)OC(=O)CC1CCN(Cc2cc(Cl)c3cncc(-c4cc5ccccc5o4)c3c2)CC1. The van der Waals surface area contributed by atoms with E-state index in [9.17, 15) is 4.79 Å². The average Bonchev–Trinajstić information content (AvgIpc) is 3.23. The number of rotatable bonds is 5. The van der Waals surface area contributed by atoms with Crippen LogP contribution in [0.5, 0.6) is 0 Å². The Hall–Kier alpha value is -2.89. The molecule has 1 saturated heterocycles. The van der Waals surface area contributed by atoms with E-state index < -0.39 is 5.60 Å². The first-order chi connectivity index (χ1) is 16.7. The Morgan fingerprint density at radius 2 is 1.89 bits per heavy atom. The molecular weight excluding hydrogens is 460 g/mol. The molecule has 0 spiro atoms. The number of hydrogen-bond donors (Lipinski definition) is 0. The van der Waals surface area contributed by atoms with E-state index in [-0.39, 0.29) is 5.97 Å². The van der Waals surface area contributed by atoms with Crippen molar-refractivity contribution in [2.24, 2.45) is 5.92 Å². The van der Waals surface area contributed by atoms with Crippen LogP contribution < -0.4 is 0 Å². The molecular formula is C29H31ClN2O3. The van der Waals surface area contributed by atoms with Gasteiger partial charge < -0.3 is 9.15 Å². The highest BCUT2D eigenvalue weighted by Crippen LogP contribution is 2.36. The first-order valence-electron chi connectivity index (χ1n) is 12.2. The van der Waals surface area contributed by atoms with Crippen LogP contribution in [-0.4, -0.2) is 34.5 Å². The smallest absolute Gasteiger partial charge is 0.306 e. The Morgan fingerprint density at radius 1 is 1.11 bits per heavy atom. The number of piperidine rings is 1. The summed E-state index contributed by atoms with van der Waals surface area (Å²) in [6.45, 7) is 8.47. The standard InChI is InChI=1S/C29H31ClN2O3/c1-29(2,3)35-28(33)14-19-8-10-32(11-9-19)18-20-12-22-23(25(30)13-20)16-31-17-24(22)27-15-21-6-4-5-7-26(21)34-27/h4-7,12-13,15-17,19H,8-11,14,18H2,1-3H3. The van der Waals surface area contributed by atoms with E-state index >= 15 is 0 Å². The molecule has 1 aliphatic rings. The number of fused-ring (bicyclic) bond motifs is 2. The number of carbonyl (C=O) groups excluding carboxylic acids is 1. The van der Waals surface area contributed by atoms with Gasteiger partial charge in [0.2, 0.25) is 0 Å². The number of nitrogens with zero attached hydrogens (tertiary/aromatic N) is 2. The number of carbonyl (C=O) groups is 1. The van der Waals surface area contributed by atoms with Crippen LogP contribution in [0.25, 0.3) is 33.1 Å². The summed E-state index contributed by atoms with van der Waals surface area (Å²) in [4.78, 5) is 19.1. The van der Waals surface area contributed by atoms with Crippen LogP contribution >= 0.6 is 11.6 Å². The van der Waals surface area contributed by atoms with Gasteiger partial charge in [0.05, 0.1) is 5.02 Å². The lowest BCUT2D eigenvalue weighted by Crippen LogP contribution is -2.34. The molecule has 0 unspecified atom stereocenters. The number of aromatic nitrogens is 1. The molecule has 182 valence electrons. The molecule has 0 atom stereocenters. The van der Waals surface area contributed by atoms with E-state index in [2.05, 4.69) is 22.0 Å². The summed E-state index contributed by atoms with van der Waals surface area (Å²) in [6.07, 6.45) is 6.16. The number of halogens is 1. The summed E-state index contributed by atoms with van der Waals surface area (Å²) in [7, 11) is 0. The molecule has 0 amide bonds. The Balaban J connectivity index is 1.32. The van der Waals surface area contributed by atoms with Gasteiger partial charge in [-0.15, -0.1) is 0 Å². The van der Waals surface area contributed by atoms with Gasteiger partial charge in [-0.25, -0.2) is 0 Å². The number of furan rings is 1. The quantitative estimate of drug-likeness (QED) is 0.276. The van der Waals surface area contributed by atoms with Crippen LogP contribution in [0.15, 0.2) is 59.3 Å². The molecule has 3 heterocycles. The maximum absolute atomic E-state index is 12.2. The zero-order valence-corrected chi connectivity index (χ0v) is 21.3. The largest absolute Gasteiger partial charge is 0.460 e. The molecule has 35 heavy (non-hydrogen) atoms. The summed E-state index contributed by atoms with van der Waals surface area (Å²) in [5.74, 6) is 1.08. The maximum Gasteiger partial charge on any atom is 0.306 e. The number of hydrogen-bond acceptors (Lipinski definition) is 5. The van der Waals surface area contributed by atoms with Gasteiger partial charge in [0, 0.05) is 41.7 Å². The molecule has 6 heteroatoms. The van der Waals surface area contributed by atoms with Crippen LogP contribution in [0.4, 0.5) is 0 Å². The lowest BCUT2D eigenvalue weighted by atomic mass is 9.93. The van der Waals surface area contributed by atoms with E-state index in [0.29, 0.717) is 17.4 Å². The highest BCUT2D eigenvalue weighted by atomic mass is 35.5. The Bertz CT molecular complexity index is 1330. The maximum atomic E-state index is 12.2. The van der Waals surface area contributed by atoms with Crippen LogP contribution in [0.2, 0.25) is 5.02 Å². The number of ether oxygens (including phenoxy) is 1. The van der Waals surface area contributed by atoms with Gasteiger partial charge >= 0.3 is 5.97 Å². The van der Waals surface area contributed by atoms with Gasteiger partial charge in [-0.05, 0) is 87.8 Å². The third kappa shape index (κ3) is 5.52. The lowest BCUT2D eigenvalue weighted by Gasteiger charge is -2.32. The highest BCUT2D eigenvalue weighted by molar-refractivity contribution is 6.36. The van der Waals surface area contributed by atoms with E-state index in [1.807, 2.05) is 63.5 Å². The number of esters is 1. The molecule has 2 aromatic heterocycles. The number of benzene rings is 2. The molecule has 0 bridgehead atoms. The summed E-state index contributed by atoms with van der Waals surface area (Å²) >= 11 is 6.71. The molecule has 0 saturated carbocycles. The van der Waals surface area contributed by atoms with Gasteiger partial charge in [-0.1, -0.05) is 29.8 Å². The summed E-state index contributed by atoms with van der Waals surface area (Å²) in [6, 6.07) is 14.3. The Morgan fingerprint density at radius 3 is 2.63 bits per heavy atom. The molecule has 5 nitrogen and oxygen atoms in total. The lowest BCUT2D eigenvalue weighted by molar-refractivity contribution is -0.156. The van der Waals surface area contributed by atoms with Gasteiger partial charge in [-0.2, -0.15) is 0 Å². The Kier molecular flexibility index (Phi) is 6.56. The van der Waals surface area contributed by atoms with E-state index in [1.165, 1.54) is 0 Å². The van der Waals surface area contributed by atoms with Crippen molar-refractivity contribution < 1.29 is 13.9 Å². The van der Waals surface area contributed by atoms with E-state index in [0.717, 1.165) is 71.1 Å². The van der Waals surface area contributed by atoms with Gasteiger partial charge in [0.25, 0.3) is 0 Å². The van der Waals surface area contributed by atoms with Gasteiger partial charge in [0.1, 0.15) is 16.9 Å². The van der Waals surface area contributed by atoms with Crippen LogP contribution in [0.1, 0.15) is 45.6 Å².